The molecule has 0 amide bonds. The Morgan fingerprint density at radius 2 is 1.83 bits per heavy atom. The fourth-order valence-electron chi connectivity index (χ4n) is 2.67. The third-order valence-electron chi connectivity index (χ3n) is 3.63. The lowest BCUT2D eigenvalue weighted by molar-refractivity contribution is 0.0699. The van der Waals surface area contributed by atoms with Gasteiger partial charge < -0.3 is 10.0 Å². The zero-order valence-corrected chi connectivity index (χ0v) is 13.5. The Morgan fingerprint density at radius 1 is 1.13 bits per heavy atom. The van der Waals surface area contributed by atoms with Crippen molar-refractivity contribution in [2.24, 2.45) is 0 Å². The molecule has 0 saturated heterocycles. The van der Waals surface area contributed by atoms with E-state index in [9.17, 15) is 9.90 Å². The van der Waals surface area contributed by atoms with Crippen molar-refractivity contribution in [2.75, 3.05) is 19.0 Å². The summed E-state index contributed by atoms with van der Waals surface area (Å²) >= 11 is 6.05. The molecule has 23 heavy (non-hydrogen) atoms. The third-order valence-corrected chi connectivity index (χ3v) is 3.86. The third kappa shape index (κ3) is 2.73. The predicted molar refractivity (Wildman–Crippen MR) is 93.5 cm³/mol. The number of nitrogens with zero attached hydrogens (tertiary/aromatic N) is 2. The topological polar surface area (TPSA) is 53.4 Å². The van der Waals surface area contributed by atoms with E-state index >= 15 is 0 Å². The van der Waals surface area contributed by atoms with Gasteiger partial charge in [0.25, 0.3) is 0 Å². The largest absolute Gasteiger partial charge is 0.478 e. The van der Waals surface area contributed by atoms with Gasteiger partial charge in [0.15, 0.2) is 0 Å². The average Bonchev–Trinajstić information content (AvgIpc) is 2.53. The molecule has 0 bridgehead atoms. The molecule has 0 fully saturated rings. The Bertz CT molecular complexity index is 892. The molecule has 1 heterocycles. The number of aromatic nitrogens is 1. The van der Waals surface area contributed by atoms with Crippen molar-refractivity contribution >= 4 is 34.2 Å². The second kappa shape index (κ2) is 5.89. The number of aromatic carboxylic acids is 1. The fraction of sp³-hybridized carbons (Fsp3) is 0.111. The second-order valence-electron chi connectivity index (χ2n) is 5.41. The maximum atomic E-state index is 11.9. The number of carboxylic acid groups (broad SMARTS) is 1. The van der Waals surface area contributed by atoms with Gasteiger partial charge in [-0.05, 0) is 18.2 Å². The van der Waals surface area contributed by atoms with Crippen molar-refractivity contribution in [3.63, 3.8) is 0 Å². The molecule has 0 spiro atoms. The van der Waals surface area contributed by atoms with Gasteiger partial charge in [0.05, 0.1) is 22.5 Å². The number of rotatable bonds is 3. The van der Waals surface area contributed by atoms with Crippen molar-refractivity contribution in [2.45, 2.75) is 0 Å². The first kappa shape index (κ1) is 15.3. The van der Waals surface area contributed by atoms with Crippen molar-refractivity contribution in [1.29, 1.82) is 0 Å². The Balaban J connectivity index is 2.47. The zero-order chi connectivity index (χ0) is 16.6. The highest BCUT2D eigenvalue weighted by molar-refractivity contribution is 6.31. The molecule has 1 N–H and O–H groups in total. The Morgan fingerprint density at radius 3 is 2.43 bits per heavy atom. The van der Waals surface area contributed by atoms with Crippen LogP contribution in [0.2, 0.25) is 5.02 Å². The Kier molecular flexibility index (Phi) is 3.92. The molecule has 116 valence electrons. The molecular formula is C18H15ClN2O2. The SMILES string of the molecule is CN(C)c1c(-c2ccccc2)nc2ccc(Cl)cc2c1C(=O)O. The molecule has 0 aliphatic carbocycles. The van der Waals surface area contributed by atoms with Crippen LogP contribution in [0.5, 0.6) is 0 Å². The summed E-state index contributed by atoms with van der Waals surface area (Å²) in [6.07, 6.45) is 0. The highest BCUT2D eigenvalue weighted by Gasteiger charge is 2.22. The molecule has 0 saturated carbocycles. The van der Waals surface area contributed by atoms with E-state index in [1.165, 1.54) is 0 Å². The van der Waals surface area contributed by atoms with E-state index in [-0.39, 0.29) is 5.56 Å². The van der Waals surface area contributed by atoms with E-state index in [4.69, 9.17) is 11.6 Å². The molecule has 4 nitrogen and oxygen atoms in total. The summed E-state index contributed by atoms with van der Waals surface area (Å²) in [5.41, 5.74) is 2.90. The smallest absolute Gasteiger partial charge is 0.338 e. The number of hydrogen-bond donors (Lipinski definition) is 1. The van der Waals surface area contributed by atoms with Gasteiger partial charge in [0.2, 0.25) is 0 Å². The number of fused-ring (bicyclic) bond motifs is 1. The molecule has 0 aliphatic heterocycles. The molecule has 0 radical (unpaired) electrons. The number of carboxylic acids is 1. The van der Waals surface area contributed by atoms with Gasteiger partial charge in [-0.1, -0.05) is 41.9 Å². The van der Waals surface area contributed by atoms with Crippen molar-refractivity contribution < 1.29 is 9.90 Å². The van der Waals surface area contributed by atoms with Gasteiger partial charge in [0.1, 0.15) is 0 Å². The molecule has 3 rings (SSSR count). The first-order valence-electron chi connectivity index (χ1n) is 7.08. The summed E-state index contributed by atoms with van der Waals surface area (Å²) in [5.74, 6) is -0.999. The lowest BCUT2D eigenvalue weighted by Gasteiger charge is -2.21. The maximum Gasteiger partial charge on any atom is 0.338 e. The molecule has 1 aromatic heterocycles. The fourth-order valence-corrected chi connectivity index (χ4v) is 2.85. The van der Waals surface area contributed by atoms with Crippen LogP contribution in [0.15, 0.2) is 48.5 Å². The predicted octanol–water partition coefficient (Wildman–Crippen LogP) is 4.32. The molecule has 3 aromatic rings. The van der Waals surface area contributed by atoms with Crippen LogP contribution in [-0.2, 0) is 0 Å². The monoisotopic (exact) mass is 326 g/mol. The van der Waals surface area contributed by atoms with Crippen LogP contribution in [0.3, 0.4) is 0 Å². The van der Waals surface area contributed by atoms with Crippen LogP contribution in [0.25, 0.3) is 22.2 Å². The average molecular weight is 327 g/mol. The van der Waals surface area contributed by atoms with Crippen LogP contribution in [0.1, 0.15) is 10.4 Å². The highest BCUT2D eigenvalue weighted by atomic mass is 35.5. The summed E-state index contributed by atoms with van der Waals surface area (Å²) in [6.45, 7) is 0. The van der Waals surface area contributed by atoms with Crippen molar-refractivity contribution in [3.05, 3.63) is 59.1 Å². The highest BCUT2D eigenvalue weighted by Crippen LogP contribution is 2.36. The van der Waals surface area contributed by atoms with Gasteiger partial charge in [-0.25, -0.2) is 9.78 Å². The van der Waals surface area contributed by atoms with Crippen LogP contribution in [0.4, 0.5) is 5.69 Å². The molecule has 0 unspecified atom stereocenters. The van der Waals surface area contributed by atoms with Gasteiger partial charge >= 0.3 is 5.97 Å². The summed E-state index contributed by atoms with van der Waals surface area (Å²) in [4.78, 5) is 18.4. The van der Waals surface area contributed by atoms with E-state index in [1.54, 1.807) is 23.1 Å². The molecule has 5 heteroatoms. The minimum Gasteiger partial charge on any atom is -0.478 e. The van der Waals surface area contributed by atoms with Gasteiger partial charge in [-0.15, -0.1) is 0 Å². The number of benzene rings is 2. The van der Waals surface area contributed by atoms with Crippen LogP contribution >= 0.6 is 11.6 Å². The molecular weight excluding hydrogens is 312 g/mol. The summed E-state index contributed by atoms with van der Waals surface area (Å²) in [6, 6.07) is 14.7. The van der Waals surface area contributed by atoms with Crippen LogP contribution in [-0.4, -0.2) is 30.2 Å². The number of carbonyl (C=O) groups is 1. The minimum atomic E-state index is -0.999. The standard InChI is InChI=1S/C18H15ClN2O2/c1-21(2)17-15(18(22)23)13-10-12(19)8-9-14(13)20-16(17)11-6-4-3-5-7-11/h3-10H,1-2H3,(H,22,23). The first-order valence-corrected chi connectivity index (χ1v) is 7.46. The number of halogens is 1. The molecule has 0 atom stereocenters. The van der Waals surface area contributed by atoms with Gasteiger partial charge in [-0.3, -0.25) is 0 Å². The van der Waals surface area contributed by atoms with Crippen LogP contribution in [0, 0.1) is 0 Å². The van der Waals surface area contributed by atoms with Gasteiger partial charge in [-0.2, -0.15) is 0 Å². The van der Waals surface area contributed by atoms with Crippen molar-refractivity contribution in [1.82, 2.24) is 4.98 Å². The number of anilines is 1. The van der Waals surface area contributed by atoms with E-state index < -0.39 is 5.97 Å². The summed E-state index contributed by atoms with van der Waals surface area (Å²) in [7, 11) is 3.62. The summed E-state index contributed by atoms with van der Waals surface area (Å²) < 4.78 is 0. The van der Waals surface area contributed by atoms with E-state index in [0.29, 0.717) is 27.3 Å². The summed E-state index contributed by atoms with van der Waals surface area (Å²) in [5, 5.41) is 10.8. The van der Waals surface area contributed by atoms with E-state index in [2.05, 4.69) is 4.98 Å². The van der Waals surface area contributed by atoms with Crippen LogP contribution < -0.4 is 4.90 Å². The van der Waals surface area contributed by atoms with E-state index in [0.717, 1.165) is 5.56 Å². The lowest BCUT2D eigenvalue weighted by Crippen LogP contribution is -2.16. The maximum absolute atomic E-state index is 11.9. The zero-order valence-electron chi connectivity index (χ0n) is 12.7. The normalized spacial score (nSPS) is 10.7. The first-order chi connectivity index (χ1) is 11.0. The number of hydrogen-bond acceptors (Lipinski definition) is 3. The Hall–Kier alpha value is -2.59. The Labute approximate surface area is 139 Å². The second-order valence-corrected chi connectivity index (χ2v) is 5.85. The van der Waals surface area contributed by atoms with E-state index in [1.807, 2.05) is 44.4 Å². The lowest BCUT2D eigenvalue weighted by atomic mass is 10.0. The van der Waals surface area contributed by atoms with Crippen molar-refractivity contribution in [3.8, 4) is 11.3 Å². The quantitative estimate of drug-likeness (QED) is 0.778. The number of pyridine rings is 1. The molecule has 0 aliphatic rings. The van der Waals surface area contributed by atoms with Gasteiger partial charge in [0, 0.05) is 30.1 Å². The molecule has 2 aromatic carbocycles. The minimum absolute atomic E-state index is 0.210.